The van der Waals surface area contributed by atoms with Crippen molar-refractivity contribution >= 4 is 17.3 Å². The average molecular weight is 390 g/mol. The highest BCUT2D eigenvalue weighted by Gasteiger charge is 2.19. The molecule has 0 saturated heterocycles. The topological polar surface area (TPSA) is 53.4 Å². The third-order valence-corrected chi connectivity index (χ3v) is 4.91. The summed E-state index contributed by atoms with van der Waals surface area (Å²) in [6.07, 6.45) is 0. The summed E-state index contributed by atoms with van der Waals surface area (Å²) in [7, 11) is 0. The van der Waals surface area contributed by atoms with Gasteiger partial charge in [0.1, 0.15) is 24.7 Å². The second-order valence-corrected chi connectivity index (χ2v) is 6.88. The molecule has 2 aromatic heterocycles. The Hall–Kier alpha value is -3.38. The first-order valence-corrected chi connectivity index (χ1v) is 9.73. The van der Waals surface area contributed by atoms with Gasteiger partial charge >= 0.3 is 5.97 Å². The summed E-state index contributed by atoms with van der Waals surface area (Å²) in [5.41, 5.74) is 1.93. The lowest BCUT2D eigenvalue weighted by atomic mass is 10.3. The van der Waals surface area contributed by atoms with Gasteiger partial charge in [-0.3, -0.25) is 0 Å². The second-order valence-electron chi connectivity index (χ2n) is 5.94. The zero-order valence-electron chi connectivity index (χ0n) is 15.0. The standard InChI is InChI=1S/C22H18N2O3S/c25-22(27-14-13-26-18-10-5-2-6-11-18)20-16-19(21-12-7-15-28-21)23-24(20)17-8-3-1-4-9-17/h1-12,15-16H,13-14H2. The summed E-state index contributed by atoms with van der Waals surface area (Å²) in [5.74, 6) is 0.309. The van der Waals surface area contributed by atoms with Crippen LogP contribution in [0.5, 0.6) is 5.75 Å². The summed E-state index contributed by atoms with van der Waals surface area (Å²) in [6.45, 7) is 0.440. The number of rotatable bonds is 7. The van der Waals surface area contributed by atoms with E-state index in [9.17, 15) is 4.79 Å². The van der Waals surface area contributed by atoms with E-state index < -0.39 is 5.97 Å². The Kier molecular flexibility index (Phi) is 5.49. The molecule has 0 N–H and O–H groups in total. The largest absolute Gasteiger partial charge is 0.490 e. The van der Waals surface area contributed by atoms with E-state index in [2.05, 4.69) is 5.10 Å². The van der Waals surface area contributed by atoms with Crippen LogP contribution >= 0.6 is 11.3 Å². The second kappa shape index (κ2) is 8.54. The molecule has 0 amide bonds. The van der Waals surface area contributed by atoms with Crippen LogP contribution in [0.15, 0.2) is 84.2 Å². The van der Waals surface area contributed by atoms with Crippen molar-refractivity contribution in [1.82, 2.24) is 9.78 Å². The predicted molar refractivity (Wildman–Crippen MR) is 109 cm³/mol. The Morgan fingerprint density at radius 3 is 2.39 bits per heavy atom. The third kappa shape index (κ3) is 4.13. The first kappa shape index (κ1) is 18.0. The van der Waals surface area contributed by atoms with E-state index in [0.29, 0.717) is 5.69 Å². The van der Waals surface area contributed by atoms with E-state index in [4.69, 9.17) is 9.47 Å². The van der Waals surface area contributed by atoms with Crippen molar-refractivity contribution in [2.75, 3.05) is 13.2 Å². The van der Waals surface area contributed by atoms with E-state index in [-0.39, 0.29) is 13.2 Å². The molecule has 0 atom stereocenters. The molecule has 0 radical (unpaired) electrons. The Balaban J connectivity index is 1.50. The number of carbonyl (C=O) groups is 1. The van der Waals surface area contributed by atoms with Crippen molar-refractivity contribution in [1.29, 1.82) is 0 Å². The van der Waals surface area contributed by atoms with Crippen LogP contribution in [-0.2, 0) is 4.74 Å². The summed E-state index contributed by atoms with van der Waals surface area (Å²) in [4.78, 5) is 13.7. The molecule has 2 heterocycles. The maximum Gasteiger partial charge on any atom is 0.357 e. The molecule has 5 nitrogen and oxygen atoms in total. The van der Waals surface area contributed by atoms with Crippen LogP contribution in [0.2, 0.25) is 0 Å². The number of para-hydroxylation sites is 2. The van der Waals surface area contributed by atoms with Crippen LogP contribution in [0.1, 0.15) is 10.5 Å². The molecular formula is C22H18N2O3S. The minimum atomic E-state index is -0.434. The number of aromatic nitrogens is 2. The average Bonchev–Trinajstić information content (AvgIpc) is 3.42. The normalized spacial score (nSPS) is 10.6. The Labute approximate surface area is 166 Å². The van der Waals surface area contributed by atoms with Crippen molar-refractivity contribution in [2.24, 2.45) is 0 Å². The first-order chi connectivity index (χ1) is 13.8. The van der Waals surface area contributed by atoms with Gasteiger partial charge in [-0.25, -0.2) is 9.48 Å². The number of esters is 1. The summed E-state index contributed by atoms with van der Waals surface area (Å²) in [6, 6.07) is 24.7. The van der Waals surface area contributed by atoms with Crippen molar-refractivity contribution < 1.29 is 14.3 Å². The molecule has 4 aromatic rings. The summed E-state index contributed by atoms with van der Waals surface area (Å²) < 4.78 is 12.6. The molecule has 0 fully saturated rings. The van der Waals surface area contributed by atoms with Gasteiger partial charge in [0.05, 0.1) is 10.6 Å². The molecule has 2 aromatic carbocycles. The fourth-order valence-corrected chi connectivity index (χ4v) is 3.40. The van der Waals surface area contributed by atoms with Crippen molar-refractivity contribution in [2.45, 2.75) is 0 Å². The Bertz CT molecular complexity index is 1030. The number of ether oxygens (including phenoxy) is 2. The van der Waals surface area contributed by atoms with Gasteiger partial charge in [-0.05, 0) is 35.7 Å². The highest BCUT2D eigenvalue weighted by Crippen LogP contribution is 2.26. The smallest absolute Gasteiger partial charge is 0.357 e. The number of thiophene rings is 1. The fourth-order valence-electron chi connectivity index (χ4n) is 2.72. The molecule has 0 saturated carbocycles. The van der Waals surface area contributed by atoms with Gasteiger partial charge in [0.15, 0.2) is 5.69 Å². The van der Waals surface area contributed by atoms with Gasteiger partial charge in [-0.15, -0.1) is 11.3 Å². The van der Waals surface area contributed by atoms with Crippen LogP contribution < -0.4 is 4.74 Å². The van der Waals surface area contributed by atoms with Crippen LogP contribution in [-0.4, -0.2) is 29.0 Å². The van der Waals surface area contributed by atoms with Gasteiger partial charge in [-0.2, -0.15) is 5.10 Å². The zero-order valence-corrected chi connectivity index (χ0v) is 15.8. The lowest BCUT2D eigenvalue weighted by Crippen LogP contribution is -2.15. The number of carbonyl (C=O) groups excluding carboxylic acids is 1. The number of hydrogen-bond donors (Lipinski definition) is 0. The highest BCUT2D eigenvalue weighted by molar-refractivity contribution is 7.13. The molecule has 28 heavy (non-hydrogen) atoms. The first-order valence-electron chi connectivity index (χ1n) is 8.85. The molecule has 0 aliphatic heterocycles. The molecule has 140 valence electrons. The quantitative estimate of drug-likeness (QED) is 0.335. The zero-order chi connectivity index (χ0) is 19.2. The van der Waals surface area contributed by atoms with E-state index in [0.717, 1.165) is 22.0 Å². The van der Waals surface area contributed by atoms with Gasteiger partial charge in [0, 0.05) is 6.07 Å². The minimum absolute atomic E-state index is 0.155. The lowest BCUT2D eigenvalue weighted by Gasteiger charge is -2.09. The van der Waals surface area contributed by atoms with E-state index in [1.165, 1.54) is 0 Å². The molecule has 4 rings (SSSR count). The summed E-state index contributed by atoms with van der Waals surface area (Å²) in [5, 5.41) is 6.60. The molecule has 0 aliphatic rings. The maximum absolute atomic E-state index is 12.7. The predicted octanol–water partition coefficient (Wildman–Crippen LogP) is 4.84. The Morgan fingerprint density at radius 2 is 1.68 bits per heavy atom. The number of nitrogens with zero attached hydrogens (tertiary/aromatic N) is 2. The number of benzene rings is 2. The van der Waals surface area contributed by atoms with E-state index in [1.54, 1.807) is 22.1 Å². The Morgan fingerprint density at radius 1 is 0.929 bits per heavy atom. The highest BCUT2D eigenvalue weighted by atomic mass is 32.1. The lowest BCUT2D eigenvalue weighted by molar-refractivity contribution is 0.0440. The third-order valence-electron chi connectivity index (χ3n) is 4.02. The van der Waals surface area contributed by atoms with E-state index >= 15 is 0 Å². The molecule has 6 heteroatoms. The van der Waals surface area contributed by atoms with Crippen molar-refractivity contribution in [3.63, 3.8) is 0 Å². The minimum Gasteiger partial charge on any atom is -0.490 e. The van der Waals surface area contributed by atoms with Crippen LogP contribution in [0.4, 0.5) is 0 Å². The van der Waals surface area contributed by atoms with Gasteiger partial charge in [0.2, 0.25) is 0 Å². The maximum atomic E-state index is 12.7. The van der Waals surface area contributed by atoms with Gasteiger partial charge in [-0.1, -0.05) is 42.5 Å². The molecule has 0 unspecified atom stereocenters. The molecule has 0 bridgehead atoms. The van der Waals surface area contributed by atoms with Crippen LogP contribution in [0, 0.1) is 0 Å². The molecule has 0 aliphatic carbocycles. The van der Waals surface area contributed by atoms with Crippen molar-refractivity contribution in [3.05, 3.63) is 89.9 Å². The van der Waals surface area contributed by atoms with Crippen LogP contribution in [0.25, 0.3) is 16.3 Å². The van der Waals surface area contributed by atoms with Crippen molar-refractivity contribution in [3.8, 4) is 22.0 Å². The number of hydrogen-bond acceptors (Lipinski definition) is 5. The van der Waals surface area contributed by atoms with Gasteiger partial charge in [0.25, 0.3) is 0 Å². The SMILES string of the molecule is O=C(OCCOc1ccccc1)c1cc(-c2cccs2)nn1-c1ccccc1. The van der Waals surface area contributed by atoms with Crippen LogP contribution in [0.3, 0.4) is 0 Å². The molecule has 0 spiro atoms. The van der Waals surface area contributed by atoms with E-state index in [1.807, 2.05) is 78.2 Å². The monoisotopic (exact) mass is 390 g/mol. The van der Waals surface area contributed by atoms with Gasteiger partial charge < -0.3 is 9.47 Å². The summed E-state index contributed by atoms with van der Waals surface area (Å²) >= 11 is 1.58. The fraction of sp³-hybridized carbons (Fsp3) is 0.0909. The molecular weight excluding hydrogens is 372 g/mol.